The van der Waals surface area contributed by atoms with Crippen LogP contribution < -0.4 is 0 Å². The highest BCUT2D eigenvalue weighted by molar-refractivity contribution is 6.27. The summed E-state index contributed by atoms with van der Waals surface area (Å²) < 4.78 is 0. The Balaban J connectivity index is 2.54. The van der Waals surface area contributed by atoms with Gasteiger partial charge in [-0.1, -0.05) is 13.8 Å². The number of Topliss-reactive ketones (excluding diaryl/α,β-unsaturated/α-hetero) is 2. The summed E-state index contributed by atoms with van der Waals surface area (Å²) in [4.78, 5) is 36.6. The molecule has 1 spiro atoms. The zero-order valence-corrected chi connectivity index (χ0v) is 10.9. The van der Waals surface area contributed by atoms with Crippen LogP contribution in [0, 0.1) is 23.2 Å². The molecule has 1 fully saturated rings. The van der Waals surface area contributed by atoms with E-state index in [4.69, 9.17) is 0 Å². The van der Waals surface area contributed by atoms with Gasteiger partial charge >= 0.3 is 0 Å². The maximum atomic E-state index is 12.4. The van der Waals surface area contributed by atoms with Crippen LogP contribution in [0.1, 0.15) is 27.2 Å². The molecule has 18 heavy (non-hydrogen) atoms. The first-order chi connectivity index (χ1) is 8.37. The van der Waals surface area contributed by atoms with Crippen molar-refractivity contribution >= 4 is 17.3 Å². The van der Waals surface area contributed by atoms with E-state index < -0.39 is 11.3 Å². The first-order valence-corrected chi connectivity index (χ1v) is 6.28. The number of hydrogen-bond donors (Lipinski definition) is 1. The summed E-state index contributed by atoms with van der Waals surface area (Å²) >= 11 is 0. The third-order valence-corrected chi connectivity index (χ3v) is 4.64. The fourth-order valence-electron chi connectivity index (χ4n) is 3.49. The Bertz CT molecular complexity index is 462. The third kappa shape index (κ3) is 1.38. The molecule has 0 aromatic rings. The molecule has 2 aliphatic carbocycles. The molecule has 0 heterocycles. The molecule has 2 rings (SSSR count). The molecule has 0 saturated heterocycles. The zero-order chi connectivity index (χ0) is 13.7. The van der Waals surface area contributed by atoms with E-state index >= 15 is 0 Å². The molecule has 4 atom stereocenters. The van der Waals surface area contributed by atoms with Crippen molar-refractivity contribution < 1.29 is 19.5 Å². The van der Waals surface area contributed by atoms with Crippen molar-refractivity contribution in [2.75, 3.05) is 6.61 Å². The van der Waals surface area contributed by atoms with Crippen LogP contribution in [-0.4, -0.2) is 29.1 Å². The van der Waals surface area contributed by atoms with Gasteiger partial charge in [0.05, 0.1) is 0 Å². The number of allylic oxidation sites excluding steroid dienone is 2. The lowest BCUT2D eigenvalue weighted by atomic mass is 9.65. The average Bonchev–Trinajstić information content (AvgIpc) is 2.72. The second-order valence-electron chi connectivity index (χ2n) is 5.55. The normalized spacial score (nSPS) is 37.6. The number of ketones is 3. The van der Waals surface area contributed by atoms with E-state index in [0.717, 1.165) is 0 Å². The molecule has 1 N–H and O–H groups in total. The molecular weight excluding hydrogens is 232 g/mol. The Morgan fingerprint density at radius 3 is 2.50 bits per heavy atom. The summed E-state index contributed by atoms with van der Waals surface area (Å²) in [5, 5.41) is 9.30. The van der Waals surface area contributed by atoms with Crippen LogP contribution >= 0.6 is 0 Å². The van der Waals surface area contributed by atoms with Crippen molar-refractivity contribution in [3.05, 3.63) is 11.6 Å². The fourth-order valence-corrected chi connectivity index (χ4v) is 3.49. The van der Waals surface area contributed by atoms with Gasteiger partial charge < -0.3 is 5.11 Å². The molecule has 4 nitrogen and oxygen atoms in total. The summed E-state index contributed by atoms with van der Waals surface area (Å²) in [6, 6.07) is 0. The van der Waals surface area contributed by atoms with Crippen LogP contribution in [0.5, 0.6) is 0 Å². The van der Waals surface area contributed by atoms with Gasteiger partial charge in [-0.25, -0.2) is 0 Å². The van der Waals surface area contributed by atoms with Crippen LogP contribution in [0.2, 0.25) is 0 Å². The highest BCUT2D eigenvalue weighted by Gasteiger charge is 2.64. The van der Waals surface area contributed by atoms with Crippen molar-refractivity contribution in [1.29, 1.82) is 0 Å². The molecule has 4 heteroatoms. The molecule has 0 aromatic carbocycles. The summed E-state index contributed by atoms with van der Waals surface area (Å²) in [7, 11) is 0. The maximum Gasteiger partial charge on any atom is 0.173 e. The lowest BCUT2D eigenvalue weighted by Crippen LogP contribution is -2.46. The van der Waals surface area contributed by atoms with Gasteiger partial charge in [0.2, 0.25) is 0 Å². The molecule has 1 saturated carbocycles. The van der Waals surface area contributed by atoms with Crippen molar-refractivity contribution in [2.24, 2.45) is 23.2 Å². The molecule has 0 unspecified atom stereocenters. The molecule has 98 valence electrons. The van der Waals surface area contributed by atoms with Gasteiger partial charge in [-0.2, -0.15) is 0 Å². The lowest BCUT2D eigenvalue weighted by molar-refractivity contribution is -0.142. The van der Waals surface area contributed by atoms with Crippen molar-refractivity contribution in [1.82, 2.24) is 0 Å². The standard InChI is InChI=1S/C14H18O4/c1-7-4-12(17)14(13(7)18)9(3)11(16)5-10(14)8(2)6-15/h4,8-10,15H,5-6H2,1-3H3/t8-,9-,10-,14+/m1/s1. The molecule has 0 aromatic heterocycles. The maximum absolute atomic E-state index is 12.4. The zero-order valence-electron chi connectivity index (χ0n) is 10.9. The average molecular weight is 250 g/mol. The van der Waals surface area contributed by atoms with E-state index in [9.17, 15) is 19.5 Å². The van der Waals surface area contributed by atoms with E-state index in [2.05, 4.69) is 0 Å². The molecular formula is C14H18O4. The number of aliphatic hydroxyl groups is 1. The highest BCUT2D eigenvalue weighted by Crippen LogP contribution is 2.54. The lowest BCUT2D eigenvalue weighted by Gasteiger charge is -2.34. The van der Waals surface area contributed by atoms with Crippen LogP contribution in [-0.2, 0) is 14.4 Å². The quantitative estimate of drug-likeness (QED) is 0.740. The van der Waals surface area contributed by atoms with Gasteiger partial charge in [0.15, 0.2) is 11.6 Å². The summed E-state index contributed by atoms with van der Waals surface area (Å²) in [5.74, 6) is -1.72. The van der Waals surface area contributed by atoms with Gasteiger partial charge in [-0.3, -0.25) is 14.4 Å². The minimum atomic E-state index is -1.23. The van der Waals surface area contributed by atoms with Crippen LogP contribution in [0.15, 0.2) is 11.6 Å². The van der Waals surface area contributed by atoms with E-state index in [-0.39, 0.29) is 42.2 Å². The summed E-state index contributed by atoms with van der Waals surface area (Å²) in [6.45, 7) is 4.94. The van der Waals surface area contributed by atoms with E-state index in [1.54, 1.807) is 20.8 Å². The van der Waals surface area contributed by atoms with Gasteiger partial charge in [-0.15, -0.1) is 0 Å². The predicted octanol–water partition coefficient (Wildman–Crippen LogP) is 0.924. The smallest absolute Gasteiger partial charge is 0.173 e. The predicted molar refractivity (Wildman–Crippen MR) is 64.7 cm³/mol. The van der Waals surface area contributed by atoms with E-state index in [1.807, 2.05) is 0 Å². The SMILES string of the molecule is CC1=CC(=O)[C@]2(C1=O)[C@H](C)C(=O)C[C@@H]2[C@H](C)CO. The molecule has 0 aliphatic heterocycles. The van der Waals surface area contributed by atoms with Crippen LogP contribution in [0.4, 0.5) is 0 Å². The van der Waals surface area contributed by atoms with Crippen molar-refractivity contribution in [3.8, 4) is 0 Å². The minimum Gasteiger partial charge on any atom is -0.396 e. The van der Waals surface area contributed by atoms with Crippen LogP contribution in [0.25, 0.3) is 0 Å². The van der Waals surface area contributed by atoms with Crippen LogP contribution in [0.3, 0.4) is 0 Å². The molecule has 2 aliphatic rings. The van der Waals surface area contributed by atoms with E-state index in [0.29, 0.717) is 5.57 Å². The monoisotopic (exact) mass is 250 g/mol. The van der Waals surface area contributed by atoms with E-state index in [1.165, 1.54) is 6.08 Å². The number of hydrogen-bond acceptors (Lipinski definition) is 4. The Kier molecular flexibility index (Phi) is 3.01. The molecule has 0 amide bonds. The number of aliphatic hydroxyl groups excluding tert-OH is 1. The topological polar surface area (TPSA) is 71.4 Å². The van der Waals surface area contributed by atoms with Crippen molar-refractivity contribution in [2.45, 2.75) is 27.2 Å². The first kappa shape index (κ1) is 13.1. The first-order valence-electron chi connectivity index (χ1n) is 6.28. The number of rotatable bonds is 2. The second-order valence-corrected chi connectivity index (χ2v) is 5.55. The Labute approximate surface area is 106 Å². The molecule has 0 bridgehead atoms. The summed E-state index contributed by atoms with van der Waals surface area (Å²) in [6.07, 6.45) is 1.57. The third-order valence-electron chi connectivity index (χ3n) is 4.64. The Morgan fingerprint density at radius 1 is 1.44 bits per heavy atom. The Morgan fingerprint density at radius 2 is 2.06 bits per heavy atom. The fraction of sp³-hybridized carbons (Fsp3) is 0.643. The summed E-state index contributed by atoms with van der Waals surface area (Å²) in [5.41, 5.74) is -0.805. The van der Waals surface area contributed by atoms with Gasteiger partial charge in [0.25, 0.3) is 0 Å². The minimum absolute atomic E-state index is 0.0508. The van der Waals surface area contributed by atoms with Gasteiger partial charge in [-0.05, 0) is 30.4 Å². The van der Waals surface area contributed by atoms with Gasteiger partial charge in [0.1, 0.15) is 11.2 Å². The second kappa shape index (κ2) is 4.12. The number of carbonyl (C=O) groups is 3. The molecule has 0 radical (unpaired) electrons. The number of carbonyl (C=O) groups excluding carboxylic acids is 3. The Hall–Kier alpha value is -1.29. The largest absolute Gasteiger partial charge is 0.396 e. The highest BCUT2D eigenvalue weighted by atomic mass is 16.3. The van der Waals surface area contributed by atoms with Crippen molar-refractivity contribution in [3.63, 3.8) is 0 Å². The van der Waals surface area contributed by atoms with Gasteiger partial charge in [0, 0.05) is 18.9 Å².